The molecule has 0 saturated heterocycles. The number of aliphatic carboxylic acids is 1. The van der Waals surface area contributed by atoms with Gasteiger partial charge in [-0.1, -0.05) is 19.9 Å². The first kappa shape index (κ1) is 15.0. The molecule has 0 fully saturated rings. The molecule has 0 radical (unpaired) electrons. The monoisotopic (exact) mass is 289 g/mol. The van der Waals surface area contributed by atoms with Crippen molar-refractivity contribution in [1.82, 2.24) is 14.3 Å². The topological polar surface area (TPSA) is 74.9 Å². The predicted molar refractivity (Wildman–Crippen MR) is 78.2 cm³/mol. The highest BCUT2D eigenvalue weighted by molar-refractivity contribution is 5.93. The highest BCUT2D eigenvalue weighted by atomic mass is 16.4. The lowest BCUT2D eigenvalue weighted by Crippen LogP contribution is -2.36. The van der Waals surface area contributed by atoms with E-state index in [1.54, 1.807) is 15.5 Å². The SMILES string of the molecule is CC(C)CN(CCC(=O)O)C(=O)c1cn2ccccc2n1. The van der Waals surface area contributed by atoms with Gasteiger partial charge in [0.25, 0.3) is 5.91 Å². The third kappa shape index (κ3) is 3.81. The minimum atomic E-state index is -0.911. The van der Waals surface area contributed by atoms with Gasteiger partial charge in [0.15, 0.2) is 0 Å². The molecule has 0 aromatic carbocycles. The summed E-state index contributed by atoms with van der Waals surface area (Å²) >= 11 is 0. The second-order valence-electron chi connectivity index (χ2n) is 5.38. The van der Waals surface area contributed by atoms with Crippen LogP contribution >= 0.6 is 0 Å². The average Bonchev–Trinajstić information content (AvgIpc) is 2.86. The van der Waals surface area contributed by atoms with Crippen LogP contribution in [0.2, 0.25) is 0 Å². The molecule has 6 nitrogen and oxygen atoms in total. The molecule has 1 N–H and O–H groups in total. The first-order chi connectivity index (χ1) is 9.97. The summed E-state index contributed by atoms with van der Waals surface area (Å²) in [5.74, 6) is -0.875. The van der Waals surface area contributed by atoms with Crippen molar-refractivity contribution in [2.45, 2.75) is 20.3 Å². The first-order valence-electron chi connectivity index (χ1n) is 6.92. The fourth-order valence-electron chi connectivity index (χ4n) is 2.15. The third-order valence-corrected chi connectivity index (χ3v) is 3.05. The second kappa shape index (κ2) is 6.39. The van der Waals surface area contributed by atoms with Crippen LogP contribution in [0.4, 0.5) is 0 Å². The van der Waals surface area contributed by atoms with Crippen LogP contribution in [0, 0.1) is 5.92 Å². The Bertz CT molecular complexity index is 615. The zero-order valence-corrected chi connectivity index (χ0v) is 12.2. The molecule has 0 unspecified atom stereocenters. The number of amides is 1. The van der Waals surface area contributed by atoms with Crippen LogP contribution in [0.1, 0.15) is 30.8 Å². The number of hydrogen-bond donors (Lipinski definition) is 1. The molecular formula is C15H19N3O3. The van der Waals surface area contributed by atoms with E-state index in [-0.39, 0.29) is 24.8 Å². The molecule has 112 valence electrons. The van der Waals surface area contributed by atoms with Gasteiger partial charge in [-0.25, -0.2) is 4.98 Å². The Hall–Kier alpha value is -2.37. The summed E-state index contributed by atoms with van der Waals surface area (Å²) in [7, 11) is 0. The summed E-state index contributed by atoms with van der Waals surface area (Å²) < 4.78 is 1.78. The average molecular weight is 289 g/mol. The fourth-order valence-corrected chi connectivity index (χ4v) is 2.15. The number of carbonyl (C=O) groups excluding carboxylic acids is 1. The summed E-state index contributed by atoms with van der Waals surface area (Å²) in [6.07, 6.45) is 3.43. The number of fused-ring (bicyclic) bond motifs is 1. The summed E-state index contributed by atoms with van der Waals surface area (Å²) in [6.45, 7) is 4.69. The maximum absolute atomic E-state index is 12.5. The van der Waals surface area contributed by atoms with E-state index in [0.717, 1.165) is 0 Å². The van der Waals surface area contributed by atoms with Gasteiger partial charge >= 0.3 is 5.97 Å². The van der Waals surface area contributed by atoms with Crippen LogP contribution in [0.3, 0.4) is 0 Å². The second-order valence-corrected chi connectivity index (χ2v) is 5.38. The van der Waals surface area contributed by atoms with E-state index in [1.807, 2.05) is 38.2 Å². The van der Waals surface area contributed by atoms with Gasteiger partial charge in [-0.05, 0) is 18.1 Å². The number of hydrogen-bond acceptors (Lipinski definition) is 3. The van der Waals surface area contributed by atoms with Crippen LogP contribution in [0.5, 0.6) is 0 Å². The van der Waals surface area contributed by atoms with E-state index in [1.165, 1.54) is 0 Å². The van der Waals surface area contributed by atoms with Crippen molar-refractivity contribution in [2.75, 3.05) is 13.1 Å². The van der Waals surface area contributed by atoms with Crippen LogP contribution in [0.15, 0.2) is 30.6 Å². The molecule has 2 heterocycles. The molecular weight excluding hydrogens is 270 g/mol. The van der Waals surface area contributed by atoms with Crippen molar-refractivity contribution in [3.8, 4) is 0 Å². The van der Waals surface area contributed by atoms with Gasteiger partial charge in [-0.2, -0.15) is 0 Å². The maximum atomic E-state index is 12.5. The number of carbonyl (C=O) groups is 2. The highest BCUT2D eigenvalue weighted by Crippen LogP contribution is 2.10. The van der Waals surface area contributed by atoms with E-state index in [9.17, 15) is 9.59 Å². The van der Waals surface area contributed by atoms with E-state index in [0.29, 0.717) is 17.9 Å². The lowest BCUT2D eigenvalue weighted by molar-refractivity contribution is -0.137. The highest BCUT2D eigenvalue weighted by Gasteiger charge is 2.20. The van der Waals surface area contributed by atoms with Crippen molar-refractivity contribution in [3.63, 3.8) is 0 Å². The molecule has 2 rings (SSSR count). The number of carboxylic acids is 1. The Morgan fingerprint density at radius 3 is 2.76 bits per heavy atom. The zero-order chi connectivity index (χ0) is 15.4. The summed E-state index contributed by atoms with van der Waals surface area (Å²) in [5.41, 5.74) is 1.04. The molecule has 0 aliphatic carbocycles. The van der Waals surface area contributed by atoms with E-state index in [4.69, 9.17) is 5.11 Å². The maximum Gasteiger partial charge on any atom is 0.305 e. The van der Waals surface area contributed by atoms with Crippen LogP contribution in [0.25, 0.3) is 5.65 Å². The number of imidazole rings is 1. The van der Waals surface area contributed by atoms with Gasteiger partial charge in [0.1, 0.15) is 11.3 Å². The normalized spacial score (nSPS) is 11.0. The molecule has 2 aromatic heterocycles. The van der Waals surface area contributed by atoms with Gasteiger partial charge in [0, 0.05) is 25.5 Å². The fraction of sp³-hybridized carbons (Fsp3) is 0.400. The van der Waals surface area contributed by atoms with Crippen LogP contribution < -0.4 is 0 Å². The van der Waals surface area contributed by atoms with Crippen LogP contribution in [-0.4, -0.2) is 44.4 Å². The Labute approximate surface area is 123 Å². The molecule has 21 heavy (non-hydrogen) atoms. The molecule has 0 spiro atoms. The van der Waals surface area contributed by atoms with Crippen LogP contribution in [-0.2, 0) is 4.79 Å². The smallest absolute Gasteiger partial charge is 0.305 e. The van der Waals surface area contributed by atoms with Gasteiger partial charge < -0.3 is 14.4 Å². The van der Waals surface area contributed by atoms with Crippen molar-refractivity contribution in [1.29, 1.82) is 0 Å². The predicted octanol–water partition coefficient (Wildman–Crippen LogP) is 1.91. The molecule has 0 aliphatic rings. The van der Waals surface area contributed by atoms with E-state index in [2.05, 4.69) is 4.98 Å². The molecule has 0 aliphatic heterocycles. The number of pyridine rings is 1. The van der Waals surface area contributed by atoms with Gasteiger partial charge in [-0.15, -0.1) is 0 Å². The Morgan fingerprint density at radius 2 is 2.14 bits per heavy atom. The largest absolute Gasteiger partial charge is 0.481 e. The van der Waals surface area contributed by atoms with E-state index >= 15 is 0 Å². The minimum Gasteiger partial charge on any atom is -0.481 e. The summed E-state index contributed by atoms with van der Waals surface area (Å²) in [4.78, 5) is 29.1. The first-order valence-corrected chi connectivity index (χ1v) is 6.92. The molecule has 6 heteroatoms. The standard InChI is InChI=1S/C15H19N3O3/c1-11(2)9-18(8-6-14(19)20)15(21)12-10-17-7-4-3-5-13(17)16-12/h3-5,7,10-11H,6,8-9H2,1-2H3,(H,19,20). The lowest BCUT2D eigenvalue weighted by Gasteiger charge is -2.23. The lowest BCUT2D eigenvalue weighted by atomic mass is 10.2. The Morgan fingerprint density at radius 1 is 1.38 bits per heavy atom. The Kier molecular flexibility index (Phi) is 4.57. The van der Waals surface area contributed by atoms with Crippen molar-refractivity contribution in [3.05, 3.63) is 36.3 Å². The number of aromatic nitrogens is 2. The number of rotatable bonds is 6. The van der Waals surface area contributed by atoms with Gasteiger partial charge in [0.05, 0.1) is 6.42 Å². The third-order valence-electron chi connectivity index (χ3n) is 3.05. The number of carboxylic acid groups (broad SMARTS) is 1. The zero-order valence-electron chi connectivity index (χ0n) is 12.2. The molecule has 2 aromatic rings. The quantitative estimate of drug-likeness (QED) is 0.881. The molecule has 0 saturated carbocycles. The van der Waals surface area contributed by atoms with Gasteiger partial charge in [0.2, 0.25) is 0 Å². The van der Waals surface area contributed by atoms with Crippen molar-refractivity contribution >= 4 is 17.5 Å². The molecule has 0 bridgehead atoms. The van der Waals surface area contributed by atoms with Crippen molar-refractivity contribution in [2.24, 2.45) is 5.92 Å². The number of nitrogens with zero attached hydrogens (tertiary/aromatic N) is 3. The molecule has 1 amide bonds. The Balaban J connectivity index is 2.21. The van der Waals surface area contributed by atoms with E-state index < -0.39 is 5.97 Å². The van der Waals surface area contributed by atoms with Gasteiger partial charge in [-0.3, -0.25) is 9.59 Å². The van der Waals surface area contributed by atoms with Crippen molar-refractivity contribution < 1.29 is 14.7 Å². The molecule has 0 atom stereocenters. The minimum absolute atomic E-state index is 0.0637. The summed E-state index contributed by atoms with van der Waals surface area (Å²) in [5, 5.41) is 8.81. The summed E-state index contributed by atoms with van der Waals surface area (Å²) in [6, 6.07) is 5.53.